The minimum absolute atomic E-state index is 0.912. The molecule has 0 amide bonds. The van der Waals surface area contributed by atoms with Crippen molar-refractivity contribution < 1.29 is 4.42 Å². The molecule has 0 aliphatic carbocycles. The van der Waals surface area contributed by atoms with E-state index in [1.165, 1.54) is 54.6 Å². The lowest BCUT2D eigenvalue weighted by atomic mass is 9.89. The zero-order valence-electron chi connectivity index (χ0n) is 33.9. The number of furan rings is 1. The van der Waals surface area contributed by atoms with Gasteiger partial charge in [0.05, 0.1) is 5.69 Å². The van der Waals surface area contributed by atoms with Crippen LogP contribution in [-0.2, 0) is 0 Å². The summed E-state index contributed by atoms with van der Waals surface area (Å²) in [6.45, 7) is 0. The number of rotatable bonds is 7. The van der Waals surface area contributed by atoms with E-state index >= 15 is 0 Å². The fraction of sp³-hybridized carbons (Fsp3) is 0. The van der Waals surface area contributed by atoms with Gasteiger partial charge in [0.15, 0.2) is 0 Å². The van der Waals surface area contributed by atoms with Crippen LogP contribution in [-0.4, -0.2) is 0 Å². The maximum absolute atomic E-state index is 6.38. The van der Waals surface area contributed by atoms with Gasteiger partial charge in [-0.1, -0.05) is 200 Å². The van der Waals surface area contributed by atoms with Crippen molar-refractivity contribution in [1.82, 2.24) is 0 Å². The highest BCUT2D eigenvalue weighted by Crippen LogP contribution is 2.45. The van der Waals surface area contributed by atoms with Crippen molar-refractivity contribution in [3.05, 3.63) is 237 Å². The fourth-order valence-electron chi connectivity index (χ4n) is 9.48. The SMILES string of the molecule is c1ccc(-c2ccc3ccccc3c2-c2ccc(N(c3ccc(-c4ccc(-c5cccc6c5oc5ccccc56)cc4)cc3)c3cc4ccccc4c4ccccc34)cc2)cc1. The Bertz CT molecular complexity index is 3600. The van der Waals surface area contributed by atoms with Gasteiger partial charge in [-0.2, -0.15) is 0 Å². The highest BCUT2D eigenvalue weighted by Gasteiger charge is 2.19. The fourth-order valence-corrected chi connectivity index (χ4v) is 9.48. The first kappa shape index (κ1) is 35.7. The topological polar surface area (TPSA) is 16.4 Å². The lowest BCUT2D eigenvalue weighted by Crippen LogP contribution is -2.10. The molecule has 0 N–H and O–H groups in total. The van der Waals surface area contributed by atoms with Crippen molar-refractivity contribution in [3.63, 3.8) is 0 Å². The summed E-state index contributed by atoms with van der Waals surface area (Å²) >= 11 is 0. The van der Waals surface area contributed by atoms with Gasteiger partial charge in [0.2, 0.25) is 0 Å². The zero-order chi connectivity index (χ0) is 41.0. The summed E-state index contributed by atoms with van der Waals surface area (Å²) < 4.78 is 6.38. The molecule has 0 aliphatic rings. The van der Waals surface area contributed by atoms with Crippen molar-refractivity contribution in [1.29, 1.82) is 0 Å². The molecule has 12 rings (SSSR count). The van der Waals surface area contributed by atoms with Crippen LogP contribution in [0.2, 0.25) is 0 Å². The number of hydrogen-bond donors (Lipinski definition) is 0. The van der Waals surface area contributed by atoms with Gasteiger partial charge in [0.1, 0.15) is 11.2 Å². The highest BCUT2D eigenvalue weighted by atomic mass is 16.3. The standard InChI is InChI=1S/C60H39NO/c1-2-13-42(14-3-1)51-38-33-43-15-4-7-18-50(43)59(51)45-31-36-48(37-32-45)61(57-39-46-16-5-6-17-49(46)53-19-8-9-20-54(53)57)47-34-29-41(30-35-47)40-25-27-44(28-26-40)52-22-12-23-56-55-21-10-11-24-58(55)62-60(52)56/h1-39H. The van der Waals surface area contributed by atoms with Crippen LogP contribution in [0.25, 0.3) is 98.8 Å². The summed E-state index contributed by atoms with van der Waals surface area (Å²) in [7, 11) is 0. The van der Waals surface area contributed by atoms with E-state index in [0.29, 0.717) is 0 Å². The molecular formula is C60H39NO. The summed E-state index contributed by atoms with van der Waals surface area (Å²) in [4.78, 5) is 2.42. The molecule has 11 aromatic carbocycles. The first-order valence-electron chi connectivity index (χ1n) is 21.2. The predicted molar refractivity (Wildman–Crippen MR) is 263 cm³/mol. The Hall–Kier alpha value is -8.20. The monoisotopic (exact) mass is 789 g/mol. The van der Waals surface area contributed by atoms with E-state index in [1.807, 2.05) is 12.1 Å². The molecule has 0 atom stereocenters. The van der Waals surface area contributed by atoms with Crippen LogP contribution in [0.4, 0.5) is 17.1 Å². The van der Waals surface area contributed by atoms with Gasteiger partial charge in [0.25, 0.3) is 0 Å². The van der Waals surface area contributed by atoms with Crippen molar-refractivity contribution >= 4 is 71.3 Å². The van der Waals surface area contributed by atoms with E-state index < -0.39 is 0 Å². The Kier molecular flexibility index (Phi) is 8.53. The molecule has 0 saturated carbocycles. The maximum Gasteiger partial charge on any atom is 0.143 e. The average Bonchev–Trinajstić information content (AvgIpc) is 3.74. The Balaban J connectivity index is 0.961. The molecule has 0 radical (unpaired) electrons. The molecule has 0 fully saturated rings. The molecular weight excluding hydrogens is 751 g/mol. The predicted octanol–water partition coefficient (Wildman–Crippen LogP) is 17.2. The highest BCUT2D eigenvalue weighted by molar-refractivity contribution is 6.15. The molecule has 0 bridgehead atoms. The summed E-state index contributed by atoms with van der Waals surface area (Å²) in [5.41, 5.74) is 14.6. The first-order chi connectivity index (χ1) is 30.7. The van der Waals surface area contributed by atoms with Gasteiger partial charge in [-0.05, 0) is 102 Å². The van der Waals surface area contributed by atoms with Crippen LogP contribution in [0.15, 0.2) is 241 Å². The lowest BCUT2D eigenvalue weighted by Gasteiger charge is -2.28. The molecule has 2 nitrogen and oxygen atoms in total. The van der Waals surface area contributed by atoms with E-state index in [1.54, 1.807) is 0 Å². The maximum atomic E-state index is 6.38. The molecule has 1 aromatic heterocycles. The van der Waals surface area contributed by atoms with Crippen LogP contribution < -0.4 is 4.90 Å². The normalized spacial score (nSPS) is 11.5. The number of hydrogen-bond acceptors (Lipinski definition) is 2. The van der Waals surface area contributed by atoms with Crippen LogP contribution in [0.3, 0.4) is 0 Å². The van der Waals surface area contributed by atoms with Crippen LogP contribution in [0, 0.1) is 0 Å². The Morgan fingerprint density at radius 2 is 0.823 bits per heavy atom. The van der Waals surface area contributed by atoms with E-state index in [9.17, 15) is 0 Å². The number of para-hydroxylation sites is 2. The van der Waals surface area contributed by atoms with Crippen molar-refractivity contribution in [2.24, 2.45) is 0 Å². The summed E-state index contributed by atoms with van der Waals surface area (Å²) in [5, 5.41) is 9.66. The van der Waals surface area contributed by atoms with Crippen LogP contribution in [0.1, 0.15) is 0 Å². The number of benzene rings is 11. The molecule has 290 valence electrons. The Morgan fingerprint density at radius 3 is 1.56 bits per heavy atom. The zero-order valence-corrected chi connectivity index (χ0v) is 33.9. The third-order valence-electron chi connectivity index (χ3n) is 12.5. The lowest BCUT2D eigenvalue weighted by molar-refractivity contribution is 0.670. The molecule has 0 unspecified atom stereocenters. The average molecular weight is 790 g/mol. The van der Waals surface area contributed by atoms with Gasteiger partial charge in [-0.3, -0.25) is 0 Å². The first-order valence-corrected chi connectivity index (χ1v) is 21.2. The van der Waals surface area contributed by atoms with Gasteiger partial charge >= 0.3 is 0 Å². The van der Waals surface area contributed by atoms with Gasteiger partial charge < -0.3 is 9.32 Å². The molecule has 0 aliphatic heterocycles. The molecule has 62 heavy (non-hydrogen) atoms. The van der Waals surface area contributed by atoms with Crippen molar-refractivity contribution in [2.75, 3.05) is 4.90 Å². The Morgan fingerprint density at radius 1 is 0.290 bits per heavy atom. The third kappa shape index (κ3) is 6.04. The molecule has 0 spiro atoms. The largest absolute Gasteiger partial charge is 0.455 e. The van der Waals surface area contributed by atoms with E-state index in [0.717, 1.165) is 61.3 Å². The van der Waals surface area contributed by atoms with E-state index in [2.05, 4.69) is 229 Å². The number of anilines is 3. The van der Waals surface area contributed by atoms with Crippen molar-refractivity contribution in [3.8, 4) is 44.5 Å². The van der Waals surface area contributed by atoms with Gasteiger partial charge in [0, 0.05) is 33.1 Å². The number of nitrogens with zero attached hydrogens (tertiary/aromatic N) is 1. The quantitative estimate of drug-likeness (QED) is 0.150. The van der Waals surface area contributed by atoms with Crippen LogP contribution in [0.5, 0.6) is 0 Å². The Labute approximate surface area is 360 Å². The van der Waals surface area contributed by atoms with Crippen molar-refractivity contribution in [2.45, 2.75) is 0 Å². The molecule has 0 saturated heterocycles. The van der Waals surface area contributed by atoms with Crippen LogP contribution >= 0.6 is 0 Å². The summed E-state index contributed by atoms with van der Waals surface area (Å²) in [6.07, 6.45) is 0. The molecule has 12 aromatic rings. The molecule has 2 heteroatoms. The second-order valence-electron chi connectivity index (χ2n) is 16.0. The molecule has 1 heterocycles. The van der Waals surface area contributed by atoms with E-state index in [4.69, 9.17) is 4.42 Å². The smallest absolute Gasteiger partial charge is 0.143 e. The van der Waals surface area contributed by atoms with E-state index in [-0.39, 0.29) is 0 Å². The third-order valence-corrected chi connectivity index (χ3v) is 12.5. The number of fused-ring (bicyclic) bond motifs is 7. The second kappa shape index (κ2) is 14.8. The summed E-state index contributed by atoms with van der Waals surface area (Å²) in [6, 6.07) is 85.5. The van der Waals surface area contributed by atoms with Gasteiger partial charge in [-0.15, -0.1) is 0 Å². The summed E-state index contributed by atoms with van der Waals surface area (Å²) in [5.74, 6) is 0. The minimum atomic E-state index is 0.912. The second-order valence-corrected chi connectivity index (χ2v) is 16.0. The van der Waals surface area contributed by atoms with Gasteiger partial charge in [-0.25, -0.2) is 0 Å². The minimum Gasteiger partial charge on any atom is -0.455 e.